The molecular weight excluding hydrogens is 456 g/mol. The first-order chi connectivity index (χ1) is 15.5. The predicted octanol–water partition coefficient (Wildman–Crippen LogP) is -2.12. The summed E-state index contributed by atoms with van der Waals surface area (Å²) in [7, 11) is 0. The molecule has 5 unspecified atom stereocenters. The Labute approximate surface area is 195 Å². The number of nitrogens with two attached hydrogens (primary N) is 1. The van der Waals surface area contributed by atoms with Crippen molar-refractivity contribution in [2.75, 3.05) is 5.75 Å². The van der Waals surface area contributed by atoms with Gasteiger partial charge in [-0.05, 0) is 18.9 Å². The second kappa shape index (κ2) is 13.4. The van der Waals surface area contributed by atoms with E-state index in [1.807, 2.05) is 5.32 Å². The van der Waals surface area contributed by atoms with Gasteiger partial charge in [0.25, 0.3) is 0 Å². The van der Waals surface area contributed by atoms with E-state index in [9.17, 15) is 29.1 Å². The molecule has 0 heterocycles. The summed E-state index contributed by atoms with van der Waals surface area (Å²) < 4.78 is 0. The van der Waals surface area contributed by atoms with Crippen LogP contribution in [0.2, 0.25) is 0 Å². The van der Waals surface area contributed by atoms with Crippen LogP contribution in [0.3, 0.4) is 0 Å². The second-order valence-corrected chi connectivity index (χ2v) is 7.63. The quantitative estimate of drug-likeness (QED) is 0.144. The van der Waals surface area contributed by atoms with Gasteiger partial charge in [-0.25, -0.2) is 4.79 Å². The Balaban J connectivity index is 2.84. The number of aliphatic hydroxyl groups is 1. The molecule has 0 aliphatic carbocycles. The van der Waals surface area contributed by atoms with E-state index in [2.05, 4.69) is 23.3 Å². The average Bonchev–Trinajstić information content (AvgIpc) is 2.74. The predicted molar refractivity (Wildman–Crippen MR) is 119 cm³/mol. The van der Waals surface area contributed by atoms with Gasteiger partial charge in [-0.3, -0.25) is 19.2 Å². The normalized spacial score (nSPS) is 15.3. The lowest BCUT2D eigenvalue weighted by atomic mass is 10.1. The fourth-order valence-electron chi connectivity index (χ4n) is 2.73. The molecule has 12 nitrogen and oxygen atoms in total. The number of aliphatic carboxylic acids is 2. The van der Waals surface area contributed by atoms with E-state index >= 15 is 0 Å². The van der Waals surface area contributed by atoms with Crippen LogP contribution in [-0.4, -0.2) is 81.0 Å². The molecule has 0 saturated carbocycles. The molecule has 5 atom stereocenters. The first kappa shape index (κ1) is 27.9. The highest BCUT2D eigenvalue weighted by atomic mass is 32.1. The van der Waals surface area contributed by atoms with E-state index in [0.29, 0.717) is 0 Å². The summed E-state index contributed by atoms with van der Waals surface area (Å²) in [6.07, 6.45) is -2.15. The SMILES string of the molecule is CC(O)C(NC(=O)C(CC(=O)O)NC(=O)C(CS)NC(=O)C(N)Cc1ccccc1)C(=O)O. The summed E-state index contributed by atoms with van der Waals surface area (Å²) in [4.78, 5) is 59.7. The number of thiol groups is 1. The fourth-order valence-corrected chi connectivity index (χ4v) is 2.99. The molecule has 1 rings (SSSR count). The highest BCUT2D eigenvalue weighted by Gasteiger charge is 2.32. The molecule has 0 aromatic heterocycles. The number of hydrogen-bond acceptors (Lipinski definition) is 8. The number of carbonyl (C=O) groups excluding carboxylic acids is 3. The minimum atomic E-state index is -1.72. The number of nitrogens with one attached hydrogen (secondary N) is 3. The Kier molecular flexibility index (Phi) is 11.3. The first-order valence-corrected chi connectivity index (χ1v) is 10.5. The van der Waals surface area contributed by atoms with Gasteiger partial charge in [0, 0.05) is 5.75 Å². The fraction of sp³-hybridized carbons (Fsp3) is 0.450. The molecule has 3 amide bonds. The molecule has 182 valence electrons. The molecule has 8 N–H and O–H groups in total. The van der Waals surface area contributed by atoms with Crippen molar-refractivity contribution in [2.45, 2.75) is 50.0 Å². The molecular formula is C20H28N4O8S. The molecule has 0 bridgehead atoms. The maximum atomic E-state index is 12.6. The van der Waals surface area contributed by atoms with Crippen molar-refractivity contribution in [1.82, 2.24) is 16.0 Å². The topological polar surface area (TPSA) is 208 Å². The molecule has 0 aliphatic heterocycles. The number of amides is 3. The van der Waals surface area contributed by atoms with E-state index in [-0.39, 0.29) is 12.2 Å². The molecule has 0 radical (unpaired) electrons. The zero-order chi connectivity index (χ0) is 25.1. The molecule has 0 fully saturated rings. The number of carboxylic acids is 2. The van der Waals surface area contributed by atoms with Gasteiger partial charge in [-0.1, -0.05) is 30.3 Å². The van der Waals surface area contributed by atoms with Crippen LogP contribution in [-0.2, 0) is 30.4 Å². The Hall–Kier alpha value is -3.16. The monoisotopic (exact) mass is 484 g/mol. The van der Waals surface area contributed by atoms with Gasteiger partial charge >= 0.3 is 11.9 Å². The van der Waals surface area contributed by atoms with Gasteiger partial charge in [0.2, 0.25) is 17.7 Å². The largest absolute Gasteiger partial charge is 0.481 e. The average molecular weight is 485 g/mol. The minimum absolute atomic E-state index is 0.192. The van der Waals surface area contributed by atoms with Gasteiger partial charge in [0.1, 0.15) is 12.1 Å². The highest BCUT2D eigenvalue weighted by Crippen LogP contribution is 2.04. The maximum absolute atomic E-state index is 12.6. The summed E-state index contributed by atoms with van der Waals surface area (Å²) in [5.41, 5.74) is 6.69. The van der Waals surface area contributed by atoms with Crippen LogP contribution in [0.5, 0.6) is 0 Å². The van der Waals surface area contributed by atoms with Crippen molar-refractivity contribution >= 4 is 42.3 Å². The van der Waals surface area contributed by atoms with Gasteiger partial charge in [-0.15, -0.1) is 0 Å². The van der Waals surface area contributed by atoms with E-state index < -0.39 is 66.4 Å². The van der Waals surface area contributed by atoms with E-state index in [1.165, 1.54) is 0 Å². The zero-order valence-corrected chi connectivity index (χ0v) is 18.7. The number of hydrogen-bond donors (Lipinski definition) is 8. The zero-order valence-electron chi connectivity index (χ0n) is 17.8. The molecule has 0 spiro atoms. The highest BCUT2D eigenvalue weighted by molar-refractivity contribution is 7.80. The molecule has 13 heteroatoms. The maximum Gasteiger partial charge on any atom is 0.328 e. The molecule has 1 aromatic rings. The van der Waals surface area contributed by atoms with Crippen LogP contribution < -0.4 is 21.7 Å². The van der Waals surface area contributed by atoms with Crippen molar-refractivity contribution in [1.29, 1.82) is 0 Å². The van der Waals surface area contributed by atoms with Crippen molar-refractivity contribution in [3.05, 3.63) is 35.9 Å². The summed E-state index contributed by atoms with van der Waals surface area (Å²) in [5.74, 6) is -5.91. The summed E-state index contributed by atoms with van der Waals surface area (Å²) in [5, 5.41) is 34.2. The van der Waals surface area contributed by atoms with Crippen LogP contribution in [0.1, 0.15) is 18.9 Å². The number of aliphatic hydroxyl groups excluding tert-OH is 1. The number of benzene rings is 1. The number of carboxylic acid groups (broad SMARTS) is 2. The van der Waals surface area contributed by atoms with Gasteiger partial charge in [0.05, 0.1) is 18.6 Å². The van der Waals surface area contributed by atoms with Crippen LogP contribution in [0.4, 0.5) is 0 Å². The lowest BCUT2D eigenvalue weighted by molar-refractivity contribution is -0.146. The summed E-state index contributed by atoms with van der Waals surface area (Å²) >= 11 is 4.01. The first-order valence-electron chi connectivity index (χ1n) is 9.90. The smallest absolute Gasteiger partial charge is 0.328 e. The van der Waals surface area contributed by atoms with Gasteiger partial charge in [0.15, 0.2) is 6.04 Å². The molecule has 0 aliphatic rings. The minimum Gasteiger partial charge on any atom is -0.481 e. The number of carbonyl (C=O) groups is 5. The molecule has 1 aromatic carbocycles. The third kappa shape index (κ3) is 9.47. The van der Waals surface area contributed by atoms with Gasteiger partial charge < -0.3 is 37.0 Å². The van der Waals surface area contributed by atoms with Gasteiger partial charge in [-0.2, -0.15) is 12.6 Å². The van der Waals surface area contributed by atoms with Crippen LogP contribution in [0.15, 0.2) is 30.3 Å². The van der Waals surface area contributed by atoms with Crippen LogP contribution >= 0.6 is 12.6 Å². The lowest BCUT2D eigenvalue weighted by Gasteiger charge is -2.24. The number of rotatable bonds is 13. The van der Waals surface area contributed by atoms with E-state index in [1.54, 1.807) is 30.3 Å². The Morgan fingerprint density at radius 2 is 1.48 bits per heavy atom. The summed E-state index contributed by atoms with van der Waals surface area (Å²) in [6.45, 7) is 1.12. The Morgan fingerprint density at radius 1 is 0.939 bits per heavy atom. The third-order valence-corrected chi connectivity index (χ3v) is 4.87. The molecule has 0 saturated heterocycles. The lowest BCUT2D eigenvalue weighted by Crippen LogP contribution is -2.59. The van der Waals surface area contributed by atoms with Crippen molar-refractivity contribution < 1.29 is 39.3 Å². The Morgan fingerprint density at radius 3 is 1.97 bits per heavy atom. The van der Waals surface area contributed by atoms with E-state index in [4.69, 9.17) is 15.9 Å². The van der Waals surface area contributed by atoms with Crippen molar-refractivity contribution in [2.24, 2.45) is 5.73 Å². The second-order valence-electron chi connectivity index (χ2n) is 7.26. The summed E-state index contributed by atoms with van der Waals surface area (Å²) in [6, 6.07) is 3.30. The van der Waals surface area contributed by atoms with Crippen LogP contribution in [0, 0.1) is 0 Å². The Bertz CT molecular complexity index is 852. The van der Waals surface area contributed by atoms with E-state index in [0.717, 1.165) is 12.5 Å². The van der Waals surface area contributed by atoms with Crippen molar-refractivity contribution in [3.63, 3.8) is 0 Å². The molecule has 33 heavy (non-hydrogen) atoms. The van der Waals surface area contributed by atoms with Crippen molar-refractivity contribution in [3.8, 4) is 0 Å². The van der Waals surface area contributed by atoms with Crippen LogP contribution in [0.25, 0.3) is 0 Å². The third-order valence-electron chi connectivity index (χ3n) is 4.51. The standard InChI is InChI=1S/C20H28N4O8S/c1-10(25)16(20(31)32)24-18(29)13(8-15(26)27)22-19(30)14(9-33)23-17(28)12(21)7-11-5-3-2-4-6-11/h2-6,10,12-14,16,25,33H,7-9,21H2,1H3,(H,22,30)(H,23,28)(H,24,29)(H,26,27)(H,31,32).